The maximum atomic E-state index is 13.4. The van der Waals surface area contributed by atoms with Crippen LogP contribution in [0.3, 0.4) is 0 Å². The molecule has 1 aromatic heterocycles. The van der Waals surface area contributed by atoms with Crippen molar-refractivity contribution in [3.8, 4) is 0 Å². The summed E-state index contributed by atoms with van der Waals surface area (Å²) in [5, 5.41) is 2.85. The van der Waals surface area contributed by atoms with Gasteiger partial charge < -0.3 is 16.8 Å². The number of carbonyl (C=O) groups is 1. The average Bonchev–Trinajstić information content (AvgIpc) is 2.53. The molecule has 1 saturated carbocycles. The predicted octanol–water partition coefficient (Wildman–Crippen LogP) is 3.83. The summed E-state index contributed by atoms with van der Waals surface area (Å²) in [6.45, 7) is 0. The summed E-state index contributed by atoms with van der Waals surface area (Å²) in [6, 6.07) is 4.80. The third kappa shape index (κ3) is 3.87. The van der Waals surface area contributed by atoms with E-state index in [1.165, 1.54) is 0 Å². The molecule has 7 heteroatoms. The number of nitrogens with zero attached hydrogens (tertiary/aromatic N) is 1. The number of carbonyl (C=O) groups excluding carboxylic acids is 1. The number of primary amides is 1. The van der Waals surface area contributed by atoms with Gasteiger partial charge >= 0.3 is 0 Å². The number of aromatic nitrogens is 1. The number of pyridine rings is 1. The summed E-state index contributed by atoms with van der Waals surface area (Å²) < 4.78 is 26.7. The first-order valence-corrected chi connectivity index (χ1v) is 8.27. The lowest BCUT2D eigenvalue weighted by Crippen LogP contribution is -2.20. The largest absolute Gasteiger partial charge is 0.383 e. The highest BCUT2D eigenvalue weighted by molar-refractivity contribution is 5.99. The van der Waals surface area contributed by atoms with Crippen molar-refractivity contribution in [2.75, 3.05) is 11.1 Å². The monoisotopic (exact) mass is 346 g/mol. The number of anilines is 3. The van der Waals surface area contributed by atoms with Crippen LogP contribution in [0.1, 0.15) is 53.9 Å². The molecule has 3 rings (SSSR count). The number of amides is 1. The van der Waals surface area contributed by atoms with E-state index in [9.17, 15) is 13.6 Å². The molecule has 1 aliphatic carbocycles. The Morgan fingerprint density at radius 2 is 1.72 bits per heavy atom. The van der Waals surface area contributed by atoms with Crippen LogP contribution in [0.25, 0.3) is 0 Å². The van der Waals surface area contributed by atoms with Crippen molar-refractivity contribution >= 4 is 23.2 Å². The third-order valence-electron chi connectivity index (χ3n) is 4.50. The van der Waals surface area contributed by atoms with E-state index >= 15 is 0 Å². The number of hydrogen-bond acceptors (Lipinski definition) is 4. The predicted molar refractivity (Wildman–Crippen MR) is 92.6 cm³/mol. The van der Waals surface area contributed by atoms with Gasteiger partial charge in [-0.05, 0) is 42.5 Å². The van der Waals surface area contributed by atoms with Gasteiger partial charge in [0.2, 0.25) is 0 Å². The maximum absolute atomic E-state index is 13.4. The lowest BCUT2D eigenvalue weighted by Gasteiger charge is -2.24. The van der Waals surface area contributed by atoms with Gasteiger partial charge in [-0.3, -0.25) is 4.79 Å². The molecule has 1 amide bonds. The van der Waals surface area contributed by atoms with Crippen molar-refractivity contribution in [1.82, 2.24) is 4.98 Å². The lowest BCUT2D eigenvalue weighted by molar-refractivity contribution is 0.0999. The van der Waals surface area contributed by atoms with Crippen LogP contribution in [0.5, 0.6) is 0 Å². The second-order valence-corrected chi connectivity index (χ2v) is 6.34. The molecule has 0 spiro atoms. The minimum atomic E-state index is -0.697. The highest BCUT2D eigenvalue weighted by Crippen LogP contribution is 2.37. The van der Waals surface area contributed by atoms with Crippen molar-refractivity contribution in [1.29, 1.82) is 0 Å². The number of nitrogens with one attached hydrogen (secondary N) is 1. The van der Waals surface area contributed by atoms with Gasteiger partial charge in [0.05, 0.1) is 5.56 Å². The van der Waals surface area contributed by atoms with Gasteiger partial charge in [0.15, 0.2) is 0 Å². The molecule has 5 N–H and O–H groups in total. The summed E-state index contributed by atoms with van der Waals surface area (Å²) in [4.78, 5) is 16.0. The molecule has 132 valence electrons. The van der Waals surface area contributed by atoms with E-state index in [4.69, 9.17) is 11.5 Å². The Bertz CT molecular complexity index is 784. The highest BCUT2D eigenvalue weighted by atomic mass is 19.1. The third-order valence-corrected chi connectivity index (χ3v) is 4.50. The zero-order chi connectivity index (χ0) is 18.0. The Morgan fingerprint density at radius 1 is 1.08 bits per heavy atom. The average molecular weight is 346 g/mol. The van der Waals surface area contributed by atoms with Crippen LogP contribution in [-0.4, -0.2) is 10.9 Å². The molecular formula is C18H20F2N4O. The van der Waals surface area contributed by atoms with E-state index in [2.05, 4.69) is 10.3 Å². The molecule has 2 aromatic rings. The molecular weight excluding hydrogens is 326 g/mol. The normalized spacial score (nSPS) is 15.1. The van der Waals surface area contributed by atoms with Crippen LogP contribution in [-0.2, 0) is 0 Å². The zero-order valence-electron chi connectivity index (χ0n) is 13.7. The molecule has 5 nitrogen and oxygen atoms in total. The van der Waals surface area contributed by atoms with Crippen molar-refractivity contribution in [2.45, 2.75) is 38.0 Å². The van der Waals surface area contributed by atoms with E-state index in [1.54, 1.807) is 6.07 Å². The Kier molecular flexibility index (Phi) is 4.83. The molecule has 25 heavy (non-hydrogen) atoms. The second-order valence-electron chi connectivity index (χ2n) is 6.34. The van der Waals surface area contributed by atoms with Crippen LogP contribution >= 0.6 is 0 Å². The first kappa shape index (κ1) is 17.1. The topological polar surface area (TPSA) is 94.0 Å². The Labute approximate surface area is 144 Å². The summed E-state index contributed by atoms with van der Waals surface area (Å²) in [6.07, 6.45) is 5.19. The summed E-state index contributed by atoms with van der Waals surface area (Å²) in [5.41, 5.74) is 12.6. The molecule has 1 aliphatic rings. The number of halogens is 2. The van der Waals surface area contributed by atoms with Gasteiger partial charge in [-0.1, -0.05) is 19.3 Å². The molecule has 0 atom stereocenters. The van der Waals surface area contributed by atoms with E-state index in [0.717, 1.165) is 55.9 Å². The number of hydrogen-bond donors (Lipinski definition) is 3. The van der Waals surface area contributed by atoms with E-state index < -0.39 is 17.5 Å². The molecule has 0 bridgehead atoms. The van der Waals surface area contributed by atoms with Crippen LogP contribution in [0, 0.1) is 11.6 Å². The van der Waals surface area contributed by atoms with Crippen molar-refractivity contribution < 1.29 is 13.6 Å². The number of nitrogens with two attached hydrogens (primary N) is 2. The van der Waals surface area contributed by atoms with E-state index in [1.807, 2.05) is 0 Å². The molecule has 0 radical (unpaired) electrons. The highest BCUT2D eigenvalue weighted by Gasteiger charge is 2.24. The van der Waals surface area contributed by atoms with Gasteiger partial charge in [0.25, 0.3) is 5.91 Å². The zero-order valence-corrected chi connectivity index (χ0v) is 13.7. The fraction of sp³-hybridized carbons (Fsp3) is 0.333. The van der Waals surface area contributed by atoms with Crippen molar-refractivity contribution in [2.24, 2.45) is 5.73 Å². The van der Waals surface area contributed by atoms with E-state index in [0.29, 0.717) is 5.82 Å². The molecule has 0 saturated heterocycles. The Hall–Kier alpha value is -2.70. The maximum Gasteiger partial charge on any atom is 0.252 e. The number of nitrogen functional groups attached to an aromatic ring is 1. The van der Waals surface area contributed by atoms with E-state index in [-0.39, 0.29) is 23.0 Å². The van der Waals surface area contributed by atoms with Crippen LogP contribution < -0.4 is 16.8 Å². The van der Waals surface area contributed by atoms with Gasteiger partial charge in [-0.25, -0.2) is 13.8 Å². The van der Waals surface area contributed by atoms with Crippen LogP contribution in [0.2, 0.25) is 0 Å². The summed E-state index contributed by atoms with van der Waals surface area (Å²) in [5.74, 6) is -1.49. The second kappa shape index (κ2) is 7.04. The summed E-state index contributed by atoms with van der Waals surface area (Å²) >= 11 is 0. The fourth-order valence-corrected chi connectivity index (χ4v) is 3.43. The molecule has 1 heterocycles. The quantitative estimate of drug-likeness (QED) is 0.784. The Balaban J connectivity index is 2.00. The minimum absolute atomic E-state index is 0.0231. The first-order valence-electron chi connectivity index (χ1n) is 8.27. The number of benzene rings is 1. The molecule has 1 fully saturated rings. The van der Waals surface area contributed by atoms with Gasteiger partial charge in [0.1, 0.15) is 23.3 Å². The van der Waals surface area contributed by atoms with Crippen LogP contribution in [0.4, 0.5) is 26.1 Å². The summed E-state index contributed by atoms with van der Waals surface area (Å²) in [7, 11) is 0. The van der Waals surface area contributed by atoms with Crippen molar-refractivity contribution in [3.63, 3.8) is 0 Å². The van der Waals surface area contributed by atoms with Crippen molar-refractivity contribution in [3.05, 3.63) is 47.0 Å². The first-order chi connectivity index (χ1) is 11.9. The lowest BCUT2D eigenvalue weighted by atomic mass is 9.82. The van der Waals surface area contributed by atoms with Crippen LogP contribution in [0.15, 0.2) is 24.3 Å². The molecule has 0 unspecified atom stereocenters. The SMILES string of the molecule is NC(=O)c1c(C2CCCCC2)cc(Nc2cc(F)cc(F)c2)nc1N. The number of rotatable bonds is 4. The van der Waals surface area contributed by atoms with Gasteiger partial charge in [0, 0.05) is 11.8 Å². The standard InChI is InChI=1S/C18H20F2N4O/c19-11-6-12(20)8-13(7-11)23-15-9-14(10-4-2-1-3-5-10)16(18(22)25)17(21)24-15/h6-10H,1-5H2,(H2,22,25)(H3,21,23,24). The van der Waals surface area contributed by atoms with Gasteiger partial charge in [-0.15, -0.1) is 0 Å². The van der Waals surface area contributed by atoms with Gasteiger partial charge in [-0.2, -0.15) is 0 Å². The molecule has 1 aromatic carbocycles. The smallest absolute Gasteiger partial charge is 0.252 e. The molecule has 0 aliphatic heterocycles. The Morgan fingerprint density at radius 3 is 2.32 bits per heavy atom. The minimum Gasteiger partial charge on any atom is -0.383 e. The fourth-order valence-electron chi connectivity index (χ4n) is 3.43.